The molecule has 4 heavy (non-hydrogen) atoms. The van der Waals surface area contributed by atoms with Crippen LogP contribution in [-0.2, 0) is 20.3 Å². The van der Waals surface area contributed by atoms with Crippen LogP contribution < -0.4 is 0 Å². The molecule has 0 aromatic rings. The number of rotatable bonds is 0. The van der Waals surface area contributed by atoms with Crippen LogP contribution in [0.1, 0.15) is 2.85 Å². The molecule has 0 aliphatic carbocycles. The molecule has 4 heteroatoms. The third kappa shape index (κ3) is 8.94. The van der Waals surface area contributed by atoms with Crippen LogP contribution in [0.25, 0.3) is 0 Å². The standard InChI is InChI=1S/Al.Ca.Ni.O.3H/q;+2;;;;2*-1. The van der Waals surface area contributed by atoms with Gasteiger partial charge >= 0.3 is 57.8 Å². The maximum absolute atomic E-state index is 8.28. The number of hydrogen-bond donors (Lipinski definition) is 0. The van der Waals surface area contributed by atoms with Crippen LogP contribution in [0.3, 0.4) is 0 Å². The van der Waals surface area contributed by atoms with Gasteiger partial charge in [-0.25, -0.2) is 0 Å². The van der Waals surface area contributed by atoms with E-state index in [-0.39, 0.29) is 57.1 Å². The average molecular weight is 145 g/mol. The molecule has 0 heterocycles. The summed E-state index contributed by atoms with van der Waals surface area (Å²) >= 11 is 0.611. The van der Waals surface area contributed by atoms with Gasteiger partial charge < -0.3 is 2.85 Å². The van der Waals surface area contributed by atoms with Gasteiger partial charge in [-0.2, -0.15) is 0 Å². The fourth-order valence-electron chi connectivity index (χ4n) is 0. The van der Waals surface area contributed by atoms with Gasteiger partial charge in [0.1, 0.15) is 0 Å². The molecule has 0 saturated carbocycles. The first-order valence-corrected chi connectivity index (χ1v) is 0.866. The van der Waals surface area contributed by atoms with Crippen LogP contribution in [0.4, 0.5) is 0 Å². The molecular formula is H3AlCaNiO. The predicted molar refractivity (Wildman–Crippen MR) is 15.8 cm³/mol. The minimum atomic E-state index is 0. The van der Waals surface area contributed by atoms with E-state index in [1.54, 1.807) is 0 Å². The van der Waals surface area contributed by atoms with Gasteiger partial charge in [0.2, 0.25) is 0 Å². The van der Waals surface area contributed by atoms with Crippen LogP contribution in [0, 0.1) is 0 Å². The van der Waals surface area contributed by atoms with E-state index in [0.717, 1.165) is 0 Å². The summed E-state index contributed by atoms with van der Waals surface area (Å²) in [4.78, 5) is 0. The van der Waals surface area contributed by atoms with E-state index in [1.165, 1.54) is 0 Å². The topological polar surface area (TPSA) is 17.1 Å². The van der Waals surface area contributed by atoms with Gasteiger partial charge in [0.05, 0.1) is 0 Å². The van der Waals surface area contributed by atoms with E-state index in [9.17, 15) is 0 Å². The first kappa shape index (κ1) is 16.5. The van der Waals surface area contributed by atoms with E-state index in [0.29, 0.717) is 16.2 Å². The zero-order valence-electron chi connectivity index (χ0n) is 4.14. The third-order valence-corrected chi connectivity index (χ3v) is 0. The zero-order chi connectivity index (χ0) is 2.00. The Morgan fingerprint density at radius 2 is 1.50 bits per heavy atom. The molecule has 0 amide bonds. The summed E-state index contributed by atoms with van der Waals surface area (Å²) in [6.07, 6.45) is 0. The molecule has 1 nitrogen and oxygen atoms in total. The van der Waals surface area contributed by atoms with Crippen molar-refractivity contribution in [1.29, 1.82) is 0 Å². The van der Waals surface area contributed by atoms with Gasteiger partial charge in [-0.3, -0.25) is 0 Å². The summed E-state index contributed by atoms with van der Waals surface area (Å²) < 4.78 is 8.28. The van der Waals surface area contributed by atoms with E-state index >= 15 is 0 Å². The molecule has 0 saturated heterocycles. The zero-order valence-corrected chi connectivity index (χ0v) is 6.75. The molecule has 0 spiro atoms. The summed E-state index contributed by atoms with van der Waals surface area (Å²) in [5.74, 6) is 0. The summed E-state index contributed by atoms with van der Waals surface area (Å²) in [7, 11) is 0. The molecule has 0 aromatic carbocycles. The van der Waals surface area contributed by atoms with Crippen molar-refractivity contribution in [3.8, 4) is 0 Å². The van der Waals surface area contributed by atoms with E-state index in [1.807, 2.05) is 0 Å². The second-order valence-corrected chi connectivity index (χ2v) is 0. The summed E-state index contributed by atoms with van der Waals surface area (Å²) in [6, 6.07) is 0. The van der Waals surface area contributed by atoms with Gasteiger partial charge in [0.15, 0.2) is 0 Å². The van der Waals surface area contributed by atoms with Crippen LogP contribution in [-0.4, -0.2) is 54.0 Å². The molecule has 0 aliphatic rings. The van der Waals surface area contributed by atoms with Gasteiger partial charge in [0, 0.05) is 16.5 Å². The molecule has 0 aromatic heterocycles. The summed E-state index contributed by atoms with van der Waals surface area (Å²) in [6.45, 7) is 0. The molecule has 0 fully saturated rings. The van der Waals surface area contributed by atoms with Crippen molar-refractivity contribution in [3.05, 3.63) is 0 Å². The van der Waals surface area contributed by atoms with Crippen molar-refractivity contribution >= 4 is 54.0 Å². The number of hydrogen-bond acceptors (Lipinski definition) is 1. The molecular weight excluding hydrogens is 142 g/mol. The van der Waals surface area contributed by atoms with Crippen LogP contribution in [0.15, 0.2) is 0 Å². The average Bonchev–Trinajstić information content (AvgIpc) is 1.00. The fourth-order valence-corrected chi connectivity index (χ4v) is 0. The first-order valence-electron chi connectivity index (χ1n) is 0.289. The minimum absolute atomic E-state index is 0. The molecule has 0 bridgehead atoms. The SMILES string of the molecule is [Ca+2].[H-].[H-].[Ni].[O]=[AlH]. The van der Waals surface area contributed by atoms with Crippen molar-refractivity contribution in [2.24, 2.45) is 0 Å². The van der Waals surface area contributed by atoms with Crippen molar-refractivity contribution in [2.45, 2.75) is 0 Å². The van der Waals surface area contributed by atoms with Crippen LogP contribution in [0.5, 0.6) is 0 Å². The second kappa shape index (κ2) is 19.5. The Morgan fingerprint density at radius 1 is 1.50 bits per heavy atom. The molecule has 0 radical (unpaired) electrons. The Bertz CT molecular complexity index is 13.5. The Labute approximate surface area is 76.0 Å². The first-order chi connectivity index (χ1) is 1.00. The van der Waals surface area contributed by atoms with Gasteiger partial charge in [0.25, 0.3) is 0 Å². The van der Waals surface area contributed by atoms with Crippen LogP contribution in [0.2, 0.25) is 0 Å². The second-order valence-electron chi connectivity index (χ2n) is 0. The van der Waals surface area contributed by atoms with E-state index in [4.69, 9.17) is 3.80 Å². The molecule has 0 N–H and O–H groups in total. The van der Waals surface area contributed by atoms with Crippen molar-refractivity contribution in [3.63, 3.8) is 0 Å². The molecule has 0 atom stereocenters. The van der Waals surface area contributed by atoms with Crippen molar-refractivity contribution in [2.75, 3.05) is 0 Å². The van der Waals surface area contributed by atoms with Gasteiger partial charge in [-0.05, 0) is 0 Å². The maximum atomic E-state index is 8.28. The van der Waals surface area contributed by atoms with Gasteiger partial charge in [-0.1, -0.05) is 0 Å². The summed E-state index contributed by atoms with van der Waals surface area (Å²) in [5.41, 5.74) is 0. The summed E-state index contributed by atoms with van der Waals surface area (Å²) in [5, 5.41) is 0. The van der Waals surface area contributed by atoms with Gasteiger partial charge in [-0.15, -0.1) is 0 Å². The van der Waals surface area contributed by atoms with Crippen LogP contribution >= 0.6 is 0 Å². The Kier molecular flexibility index (Phi) is 80.7. The Hall–Kier alpha value is 2.09. The Balaban J connectivity index is -0.000000000833. The normalized spacial score (nSPS) is 0.750. The van der Waals surface area contributed by atoms with Crippen molar-refractivity contribution < 1.29 is 23.1 Å². The fraction of sp³-hybridized carbons (Fsp3) is 0. The quantitative estimate of drug-likeness (QED) is 0.402. The third-order valence-electron chi connectivity index (χ3n) is 0. The van der Waals surface area contributed by atoms with E-state index in [2.05, 4.69) is 0 Å². The molecule has 0 unspecified atom stereocenters. The molecule has 0 aliphatic heterocycles. The van der Waals surface area contributed by atoms with Crippen molar-refractivity contribution in [1.82, 2.24) is 0 Å². The Morgan fingerprint density at radius 3 is 1.50 bits per heavy atom. The molecule has 0 rings (SSSR count). The van der Waals surface area contributed by atoms with E-state index < -0.39 is 0 Å². The molecule has 24 valence electrons. The predicted octanol–water partition coefficient (Wildman–Crippen LogP) is -0.926. The monoisotopic (exact) mass is 144 g/mol.